The molecule has 190 valence electrons. The Morgan fingerprint density at radius 1 is 1.44 bits per heavy atom. The third-order valence-electron chi connectivity index (χ3n) is 5.39. The van der Waals surface area contributed by atoms with E-state index in [4.69, 9.17) is 40.1 Å². The third kappa shape index (κ3) is 3.97. The van der Waals surface area contributed by atoms with Gasteiger partial charge in [-0.15, -0.1) is 23.1 Å². The number of hydrogen-bond donors (Lipinski definition) is 6. The van der Waals surface area contributed by atoms with E-state index in [0.717, 1.165) is 38.4 Å². The van der Waals surface area contributed by atoms with Crippen molar-refractivity contribution in [1.29, 1.82) is 0 Å². The predicted octanol–water partition coefficient (Wildman–Crippen LogP) is -2.14. The van der Waals surface area contributed by atoms with Gasteiger partial charge in [0.2, 0.25) is 0 Å². The van der Waals surface area contributed by atoms with Crippen molar-refractivity contribution >= 4 is 75.1 Å². The molecule has 1 aromatic rings. The van der Waals surface area contributed by atoms with Gasteiger partial charge in [0.05, 0.1) is 0 Å². The zero-order chi connectivity index (χ0) is 26.4. The molecule has 1 saturated heterocycles. The van der Waals surface area contributed by atoms with Gasteiger partial charge >= 0.3 is 5.97 Å². The number of anilines is 1. The zero-order valence-corrected chi connectivity index (χ0v) is 20.9. The van der Waals surface area contributed by atoms with Crippen molar-refractivity contribution in [3.8, 4) is 0 Å². The summed E-state index contributed by atoms with van der Waals surface area (Å²) >= 11 is 7.35. The van der Waals surface area contributed by atoms with E-state index >= 15 is 0 Å². The quantitative estimate of drug-likeness (QED) is 0.0696. The van der Waals surface area contributed by atoms with Crippen molar-refractivity contribution in [3.63, 3.8) is 0 Å². The number of aromatic nitrogens is 1. The van der Waals surface area contributed by atoms with Crippen LogP contribution < -0.4 is 28.4 Å². The number of amidine groups is 1. The van der Waals surface area contributed by atoms with Crippen LogP contribution >= 0.6 is 35.3 Å². The molecule has 3 atom stereocenters. The number of fused-ring (bicyclic) bond motifs is 1. The Bertz CT molecular complexity index is 1290. The number of thioether (sulfide) groups is 1. The highest BCUT2D eigenvalue weighted by Crippen LogP contribution is 2.46. The molecule has 0 spiro atoms. The van der Waals surface area contributed by atoms with Crippen molar-refractivity contribution in [2.45, 2.75) is 17.1 Å². The molecule has 0 saturated carbocycles. The lowest BCUT2D eigenvalue weighted by Gasteiger charge is -2.55. The number of aliphatic imine (C=N–C) groups is 1. The van der Waals surface area contributed by atoms with Crippen LogP contribution in [0.2, 0.25) is 0 Å². The highest BCUT2D eigenvalue weighted by molar-refractivity contribution is 8.00. The summed E-state index contributed by atoms with van der Waals surface area (Å²) in [6, 6.07) is 0. The Kier molecular flexibility index (Phi) is 6.71. The molecule has 3 aliphatic rings. The van der Waals surface area contributed by atoms with Gasteiger partial charge in [-0.25, -0.2) is 20.6 Å². The van der Waals surface area contributed by atoms with Gasteiger partial charge in [-0.2, -0.15) is 0 Å². The van der Waals surface area contributed by atoms with Crippen molar-refractivity contribution in [2.24, 2.45) is 27.5 Å². The molecule has 4 heterocycles. The number of thiazole rings is 1. The fourth-order valence-corrected chi connectivity index (χ4v) is 6.14. The first-order valence-corrected chi connectivity index (χ1v) is 12.3. The Hall–Kier alpha value is -3.58. The molecule has 0 aromatic carbocycles. The van der Waals surface area contributed by atoms with Gasteiger partial charge in [-0.3, -0.25) is 19.5 Å². The molecule has 0 aliphatic carbocycles. The number of hydrogen-bond acceptors (Lipinski definition) is 15. The molecular formula is C18H20N10O5S3. The molecule has 18 heteroatoms. The van der Waals surface area contributed by atoms with E-state index in [2.05, 4.69) is 20.4 Å². The smallest absolute Gasteiger partial charge is 0.353 e. The first-order valence-electron chi connectivity index (χ1n) is 9.94. The number of carbonyl (C=O) groups excluding carboxylic acids is 2. The second kappa shape index (κ2) is 9.47. The molecule has 1 aromatic heterocycles. The number of nitrogens with one attached hydrogen (secondary N) is 1. The van der Waals surface area contributed by atoms with Gasteiger partial charge in [0.25, 0.3) is 11.8 Å². The first kappa shape index (κ1) is 25.5. The maximum atomic E-state index is 13.4. The Balaban J connectivity index is 1.69. The maximum absolute atomic E-state index is 13.4. The Labute approximate surface area is 216 Å². The predicted molar refractivity (Wildman–Crippen MR) is 136 cm³/mol. The summed E-state index contributed by atoms with van der Waals surface area (Å²) in [5, 5.41) is 19.2. The van der Waals surface area contributed by atoms with Crippen LogP contribution in [-0.2, 0) is 19.2 Å². The SMILES string of the molecule is CO/N=C(\C(=O)NC1(C=S)C(=O)N2C(C(=O)O)=C(C3=NC(N)=CC(N)N3N)CS[C@H]21)c1csc(N)n1. The van der Waals surface area contributed by atoms with Gasteiger partial charge < -0.3 is 32.5 Å². The number of nitrogens with zero attached hydrogens (tertiary/aromatic N) is 5. The summed E-state index contributed by atoms with van der Waals surface area (Å²) in [4.78, 5) is 52.7. The number of hydrazine groups is 1. The number of β-lactam (4-membered cyclic amide) rings is 1. The number of aliphatic carboxylic acids is 1. The number of carboxylic acid groups (broad SMARTS) is 1. The summed E-state index contributed by atoms with van der Waals surface area (Å²) in [5.74, 6) is 3.09. The average molecular weight is 553 g/mol. The number of nitrogen functional groups attached to an aromatic ring is 1. The van der Waals surface area contributed by atoms with Crippen LogP contribution in [0, 0.1) is 0 Å². The van der Waals surface area contributed by atoms with E-state index in [0.29, 0.717) is 0 Å². The fourth-order valence-electron chi connectivity index (χ4n) is 3.78. The highest BCUT2D eigenvalue weighted by Gasteiger charge is 2.65. The number of oxime groups is 1. The fraction of sp³-hybridized carbons (Fsp3) is 0.278. The second-order valence-corrected chi connectivity index (χ2v) is 9.72. The van der Waals surface area contributed by atoms with Crippen LogP contribution in [0.25, 0.3) is 0 Å². The lowest BCUT2D eigenvalue weighted by Crippen LogP contribution is -2.81. The van der Waals surface area contributed by atoms with E-state index in [1.165, 1.54) is 18.6 Å². The van der Waals surface area contributed by atoms with Gasteiger partial charge in [0, 0.05) is 22.1 Å². The van der Waals surface area contributed by atoms with Gasteiger partial charge in [0.1, 0.15) is 35.9 Å². The van der Waals surface area contributed by atoms with Crippen molar-refractivity contribution in [3.05, 3.63) is 34.2 Å². The van der Waals surface area contributed by atoms with Crippen molar-refractivity contribution in [2.75, 3.05) is 18.6 Å². The van der Waals surface area contributed by atoms with Gasteiger partial charge in [-0.05, 0) is 6.08 Å². The van der Waals surface area contributed by atoms with E-state index in [1.807, 2.05) is 0 Å². The van der Waals surface area contributed by atoms with Crippen LogP contribution in [-0.4, -0.2) is 84.6 Å². The Morgan fingerprint density at radius 2 is 2.17 bits per heavy atom. The van der Waals surface area contributed by atoms with Gasteiger partial charge in [-0.1, -0.05) is 17.4 Å². The van der Waals surface area contributed by atoms with Crippen molar-refractivity contribution in [1.82, 2.24) is 20.2 Å². The normalized spacial score (nSPS) is 26.0. The minimum absolute atomic E-state index is 0.0122. The number of nitrogens with two attached hydrogens (primary N) is 4. The number of carboxylic acids is 1. The summed E-state index contributed by atoms with van der Waals surface area (Å²) in [6.45, 7) is 0. The molecular weight excluding hydrogens is 532 g/mol. The molecule has 2 unspecified atom stereocenters. The van der Waals surface area contributed by atoms with E-state index in [9.17, 15) is 19.5 Å². The van der Waals surface area contributed by atoms with Gasteiger partial charge in [0.15, 0.2) is 22.2 Å². The molecule has 0 bridgehead atoms. The van der Waals surface area contributed by atoms with Crippen LogP contribution in [0.3, 0.4) is 0 Å². The van der Waals surface area contributed by atoms with Crippen LogP contribution in [0.5, 0.6) is 0 Å². The summed E-state index contributed by atoms with van der Waals surface area (Å²) in [7, 11) is 1.24. The summed E-state index contributed by atoms with van der Waals surface area (Å²) < 4.78 is 0. The minimum atomic E-state index is -1.72. The first-order chi connectivity index (χ1) is 17.0. The number of rotatable bonds is 7. The number of amides is 2. The topological polar surface area (TPSA) is 241 Å². The number of thiocarbonyl (C=S) groups is 1. The molecule has 36 heavy (non-hydrogen) atoms. The highest BCUT2D eigenvalue weighted by atomic mass is 32.2. The number of carbonyl (C=O) groups is 3. The van der Waals surface area contributed by atoms with Crippen molar-refractivity contribution < 1.29 is 24.3 Å². The summed E-state index contributed by atoms with van der Waals surface area (Å²) in [6.07, 6.45) is 0.535. The maximum Gasteiger partial charge on any atom is 0.353 e. The molecule has 1 fully saturated rings. The lowest BCUT2D eigenvalue weighted by atomic mass is 9.87. The van der Waals surface area contributed by atoms with E-state index in [-0.39, 0.29) is 45.2 Å². The molecule has 3 aliphatic heterocycles. The molecule has 15 nitrogen and oxygen atoms in total. The summed E-state index contributed by atoms with van der Waals surface area (Å²) in [5.41, 5.74) is 15.3. The second-order valence-electron chi connectivity index (χ2n) is 7.53. The molecule has 4 rings (SSSR count). The third-order valence-corrected chi connectivity index (χ3v) is 7.79. The van der Waals surface area contributed by atoms with E-state index < -0.39 is 34.9 Å². The standard InChI is InChI=1S/C18H20N10O5S3/c1-33-26-10(7-4-36-17(21)23-7)13(29)25-18(5-34)15(32)27-11(14(30)31)6(3-35-16(18)27)12-24-8(19)2-9(20)28(12)22/h2,4-5,9,16H,3,19-20,22H2,1H3,(H2,21,23)(H,25,29)(H,30,31)/b26-10-/t9?,16-,18?/m0/s1. The lowest BCUT2D eigenvalue weighted by molar-refractivity contribution is -0.153. The average Bonchev–Trinajstić information content (AvgIpc) is 3.27. The Morgan fingerprint density at radius 3 is 2.75 bits per heavy atom. The van der Waals surface area contributed by atoms with E-state index in [1.54, 1.807) is 0 Å². The molecule has 10 N–H and O–H groups in total. The minimum Gasteiger partial charge on any atom is -0.477 e. The zero-order valence-electron chi connectivity index (χ0n) is 18.4. The van der Waals surface area contributed by atoms with Crippen LogP contribution in [0.15, 0.2) is 38.7 Å². The van der Waals surface area contributed by atoms with Crippen LogP contribution in [0.4, 0.5) is 5.13 Å². The van der Waals surface area contributed by atoms with Crippen LogP contribution in [0.1, 0.15) is 5.69 Å². The molecule has 2 amide bonds. The monoisotopic (exact) mass is 552 g/mol. The molecule has 0 radical (unpaired) electrons. The largest absolute Gasteiger partial charge is 0.477 e.